The lowest BCUT2D eigenvalue weighted by atomic mass is 9.91. The van der Waals surface area contributed by atoms with Crippen LogP contribution in [0.4, 0.5) is 5.69 Å². The number of nitriles is 1. The first-order valence-electron chi connectivity index (χ1n) is 11.4. The standard InChI is InChI=1S/C29H25N3O4/c1-17-10-11-23(13-18(17)2)32-19(3)14-24(20(32)4)28(34)25(16-30)27(33)21-7-5-8-22(15-21)31-29(35)26-9-6-12-36-26/h5-15,25H,1-4H3,(H,31,35)/t25-/m1/s1. The number of carbonyl (C=O) groups excluding carboxylic acids is 3. The molecule has 0 aliphatic rings. The third kappa shape index (κ3) is 4.62. The summed E-state index contributed by atoms with van der Waals surface area (Å²) in [5, 5.41) is 12.4. The van der Waals surface area contributed by atoms with Crippen molar-refractivity contribution in [3.05, 3.63) is 106 Å². The lowest BCUT2D eigenvalue weighted by Crippen LogP contribution is -2.23. The topological polar surface area (TPSA) is 105 Å². The molecule has 1 amide bonds. The minimum Gasteiger partial charge on any atom is -0.459 e. The van der Waals surface area contributed by atoms with Crippen molar-refractivity contribution in [2.45, 2.75) is 27.7 Å². The van der Waals surface area contributed by atoms with Crippen molar-refractivity contribution in [1.29, 1.82) is 5.26 Å². The highest BCUT2D eigenvalue weighted by atomic mass is 16.3. The number of nitrogens with one attached hydrogen (secondary N) is 1. The molecule has 7 heteroatoms. The van der Waals surface area contributed by atoms with Gasteiger partial charge in [0.05, 0.1) is 12.3 Å². The van der Waals surface area contributed by atoms with Crippen molar-refractivity contribution in [3.63, 3.8) is 0 Å². The van der Waals surface area contributed by atoms with E-state index in [1.165, 1.54) is 24.5 Å². The van der Waals surface area contributed by atoms with E-state index in [1.807, 2.05) is 49.6 Å². The lowest BCUT2D eigenvalue weighted by Gasteiger charge is -2.13. The molecule has 0 bridgehead atoms. The van der Waals surface area contributed by atoms with Gasteiger partial charge in [-0.3, -0.25) is 14.4 Å². The molecule has 0 fully saturated rings. The molecule has 0 aliphatic carbocycles. The summed E-state index contributed by atoms with van der Waals surface area (Å²) in [5.74, 6) is -3.06. The second-order valence-corrected chi connectivity index (χ2v) is 8.69. The fourth-order valence-electron chi connectivity index (χ4n) is 4.18. The van der Waals surface area contributed by atoms with Crippen LogP contribution < -0.4 is 5.32 Å². The van der Waals surface area contributed by atoms with Gasteiger partial charge in [0.15, 0.2) is 23.2 Å². The monoisotopic (exact) mass is 479 g/mol. The molecule has 0 aliphatic heterocycles. The highest BCUT2D eigenvalue weighted by molar-refractivity contribution is 6.18. The Bertz CT molecular complexity index is 1520. The van der Waals surface area contributed by atoms with Gasteiger partial charge in [0.25, 0.3) is 5.91 Å². The first kappa shape index (κ1) is 24.4. The summed E-state index contributed by atoms with van der Waals surface area (Å²) in [5.41, 5.74) is 5.50. The zero-order chi connectivity index (χ0) is 26.0. The molecular weight excluding hydrogens is 454 g/mol. The van der Waals surface area contributed by atoms with Gasteiger partial charge in [0.2, 0.25) is 0 Å². The number of amides is 1. The average Bonchev–Trinajstić information content (AvgIpc) is 3.50. The summed E-state index contributed by atoms with van der Waals surface area (Å²) in [4.78, 5) is 38.9. The SMILES string of the molecule is Cc1ccc(-n2c(C)cc(C(=O)[C@H](C#N)C(=O)c3cccc(NC(=O)c4ccco4)c3)c2C)cc1C. The van der Waals surface area contributed by atoms with Gasteiger partial charge in [0.1, 0.15) is 0 Å². The van der Waals surface area contributed by atoms with Gasteiger partial charge in [-0.05, 0) is 81.3 Å². The van der Waals surface area contributed by atoms with Gasteiger partial charge < -0.3 is 14.3 Å². The fraction of sp³-hybridized carbons (Fsp3) is 0.172. The molecule has 180 valence electrons. The maximum atomic E-state index is 13.4. The number of aryl methyl sites for hydroxylation is 3. The zero-order valence-corrected chi connectivity index (χ0v) is 20.5. The molecule has 0 radical (unpaired) electrons. The Hall–Kier alpha value is -4.70. The van der Waals surface area contributed by atoms with Crippen LogP contribution in [-0.2, 0) is 0 Å². The number of nitrogens with zero attached hydrogens (tertiary/aromatic N) is 2. The molecule has 0 unspecified atom stereocenters. The molecule has 4 rings (SSSR count). The summed E-state index contributed by atoms with van der Waals surface area (Å²) in [6.45, 7) is 7.74. The first-order valence-corrected chi connectivity index (χ1v) is 11.4. The quantitative estimate of drug-likeness (QED) is 0.268. The zero-order valence-electron chi connectivity index (χ0n) is 20.5. The molecule has 1 atom stereocenters. The summed E-state index contributed by atoms with van der Waals surface area (Å²) < 4.78 is 7.03. The molecule has 36 heavy (non-hydrogen) atoms. The third-order valence-electron chi connectivity index (χ3n) is 6.25. The molecule has 2 heterocycles. The Morgan fingerprint density at radius 1 is 0.917 bits per heavy atom. The van der Waals surface area contributed by atoms with Crippen LogP contribution in [0.3, 0.4) is 0 Å². The molecule has 4 aromatic rings. The Kier molecular flexibility index (Phi) is 6.71. The van der Waals surface area contributed by atoms with Crippen molar-refractivity contribution in [2.75, 3.05) is 5.32 Å². The van der Waals surface area contributed by atoms with Crippen LogP contribution >= 0.6 is 0 Å². The van der Waals surface area contributed by atoms with E-state index in [1.54, 1.807) is 31.2 Å². The number of benzene rings is 2. The van der Waals surface area contributed by atoms with E-state index in [9.17, 15) is 19.6 Å². The number of furan rings is 1. The predicted octanol–water partition coefficient (Wildman–Crippen LogP) is 5.76. The van der Waals surface area contributed by atoms with Crippen LogP contribution in [0.2, 0.25) is 0 Å². The second kappa shape index (κ2) is 9.88. The maximum Gasteiger partial charge on any atom is 0.291 e. The minimum atomic E-state index is -1.52. The number of carbonyl (C=O) groups is 3. The number of Topliss-reactive ketones (excluding diaryl/α,β-unsaturated/α-hetero) is 2. The van der Waals surface area contributed by atoms with Crippen LogP contribution in [0.5, 0.6) is 0 Å². The first-order chi connectivity index (χ1) is 17.2. The molecular formula is C29H25N3O4. The van der Waals surface area contributed by atoms with Crippen LogP contribution in [0.15, 0.2) is 71.3 Å². The predicted molar refractivity (Wildman–Crippen MR) is 136 cm³/mol. The summed E-state index contributed by atoms with van der Waals surface area (Å²) >= 11 is 0. The van der Waals surface area contributed by atoms with Crippen molar-refractivity contribution < 1.29 is 18.8 Å². The van der Waals surface area contributed by atoms with Crippen molar-refractivity contribution >= 4 is 23.2 Å². The number of ketones is 2. The van der Waals surface area contributed by atoms with Gasteiger partial charge in [-0.15, -0.1) is 0 Å². The maximum absolute atomic E-state index is 13.4. The Morgan fingerprint density at radius 3 is 2.36 bits per heavy atom. The van der Waals surface area contributed by atoms with E-state index < -0.39 is 23.4 Å². The van der Waals surface area contributed by atoms with Gasteiger partial charge in [-0.1, -0.05) is 18.2 Å². The molecule has 0 saturated heterocycles. The Morgan fingerprint density at radius 2 is 1.69 bits per heavy atom. The van der Waals surface area contributed by atoms with E-state index in [0.29, 0.717) is 16.9 Å². The highest BCUT2D eigenvalue weighted by Crippen LogP contribution is 2.26. The summed E-state index contributed by atoms with van der Waals surface area (Å²) in [6, 6.07) is 18.9. The van der Waals surface area contributed by atoms with E-state index in [2.05, 4.69) is 5.32 Å². The Labute approximate surface area is 209 Å². The lowest BCUT2D eigenvalue weighted by molar-refractivity contribution is 0.0844. The number of anilines is 1. The van der Waals surface area contributed by atoms with Gasteiger partial charge in [0, 0.05) is 33.9 Å². The second-order valence-electron chi connectivity index (χ2n) is 8.69. The molecule has 0 saturated carbocycles. The molecule has 2 aromatic carbocycles. The van der Waals surface area contributed by atoms with E-state index in [-0.39, 0.29) is 11.3 Å². The fourth-order valence-corrected chi connectivity index (χ4v) is 4.18. The average molecular weight is 480 g/mol. The summed E-state index contributed by atoms with van der Waals surface area (Å²) in [6.07, 6.45) is 1.38. The minimum absolute atomic E-state index is 0.121. The molecule has 7 nitrogen and oxygen atoms in total. The summed E-state index contributed by atoms with van der Waals surface area (Å²) in [7, 11) is 0. The van der Waals surface area contributed by atoms with Crippen molar-refractivity contribution in [2.24, 2.45) is 5.92 Å². The number of hydrogen-bond donors (Lipinski definition) is 1. The smallest absolute Gasteiger partial charge is 0.291 e. The van der Waals surface area contributed by atoms with Crippen molar-refractivity contribution in [1.82, 2.24) is 4.57 Å². The highest BCUT2D eigenvalue weighted by Gasteiger charge is 2.31. The van der Waals surface area contributed by atoms with Crippen LogP contribution in [-0.4, -0.2) is 22.0 Å². The third-order valence-corrected chi connectivity index (χ3v) is 6.25. The van der Waals surface area contributed by atoms with Crippen LogP contribution in [0.25, 0.3) is 5.69 Å². The molecule has 2 aromatic heterocycles. The number of aromatic nitrogens is 1. The van der Waals surface area contributed by atoms with Gasteiger partial charge in [-0.25, -0.2) is 0 Å². The van der Waals surface area contributed by atoms with E-state index >= 15 is 0 Å². The van der Waals surface area contributed by atoms with E-state index in [0.717, 1.165) is 22.5 Å². The van der Waals surface area contributed by atoms with Gasteiger partial charge in [-0.2, -0.15) is 5.26 Å². The number of hydrogen-bond acceptors (Lipinski definition) is 5. The largest absolute Gasteiger partial charge is 0.459 e. The van der Waals surface area contributed by atoms with Gasteiger partial charge >= 0.3 is 0 Å². The van der Waals surface area contributed by atoms with E-state index in [4.69, 9.17) is 4.42 Å². The molecule has 0 spiro atoms. The Balaban J connectivity index is 1.61. The van der Waals surface area contributed by atoms with Crippen molar-refractivity contribution in [3.8, 4) is 11.8 Å². The van der Waals surface area contributed by atoms with Crippen LogP contribution in [0, 0.1) is 44.9 Å². The molecule has 1 N–H and O–H groups in total. The normalized spacial score (nSPS) is 11.5. The number of rotatable bonds is 7. The van der Waals surface area contributed by atoms with Crippen LogP contribution in [0.1, 0.15) is 53.8 Å².